The van der Waals surface area contributed by atoms with Crippen molar-refractivity contribution in [1.29, 1.82) is 0 Å². The van der Waals surface area contributed by atoms with Gasteiger partial charge in [-0.15, -0.1) is 0 Å². The molecule has 0 unspecified atom stereocenters. The number of anilines is 2. The van der Waals surface area contributed by atoms with E-state index in [4.69, 9.17) is 0 Å². The molecular formula is C15H20N2O3S. The minimum atomic E-state index is -2.82. The number of carbonyl (C=O) groups is 1. The number of rotatable bonds is 2. The van der Waals surface area contributed by atoms with Crippen molar-refractivity contribution in [1.82, 2.24) is 0 Å². The largest absolute Gasteiger partial charge is 0.382 e. The molecule has 1 aromatic carbocycles. The van der Waals surface area contributed by atoms with Crippen LogP contribution in [0.15, 0.2) is 18.2 Å². The average Bonchev–Trinajstić information content (AvgIpc) is 2.84. The molecule has 6 heteroatoms. The first kappa shape index (κ1) is 14.4. The van der Waals surface area contributed by atoms with E-state index in [-0.39, 0.29) is 23.5 Å². The van der Waals surface area contributed by atoms with Gasteiger partial charge in [0, 0.05) is 30.9 Å². The van der Waals surface area contributed by atoms with Crippen molar-refractivity contribution in [3.05, 3.63) is 23.8 Å². The molecule has 3 rings (SSSR count). The van der Waals surface area contributed by atoms with E-state index >= 15 is 0 Å². The molecule has 1 saturated heterocycles. The quantitative estimate of drug-likeness (QED) is 0.901. The number of hydrogen-bond donors (Lipinski definition) is 1. The standard InChI is InChI=1S/C15H20N2O3S/c1-11(18)17-7-4-12-10-14(2-3-15(12)17)16-13-5-8-21(19,20)9-6-13/h2-3,10,13,16H,4-9H2,1H3. The molecule has 1 aromatic rings. The zero-order chi connectivity index (χ0) is 15.0. The van der Waals surface area contributed by atoms with Gasteiger partial charge in [-0.25, -0.2) is 8.42 Å². The number of benzene rings is 1. The van der Waals surface area contributed by atoms with Crippen LogP contribution in [0.25, 0.3) is 0 Å². The molecule has 2 heterocycles. The highest BCUT2D eigenvalue weighted by atomic mass is 32.2. The normalized spacial score (nSPS) is 21.1. The molecule has 0 radical (unpaired) electrons. The van der Waals surface area contributed by atoms with Crippen molar-refractivity contribution in [2.24, 2.45) is 0 Å². The molecule has 2 aliphatic rings. The lowest BCUT2D eigenvalue weighted by molar-refractivity contribution is -0.116. The number of fused-ring (bicyclic) bond motifs is 1. The van der Waals surface area contributed by atoms with E-state index < -0.39 is 9.84 Å². The Labute approximate surface area is 125 Å². The summed E-state index contributed by atoms with van der Waals surface area (Å²) in [5.74, 6) is 0.619. The fourth-order valence-electron chi connectivity index (χ4n) is 3.09. The van der Waals surface area contributed by atoms with Gasteiger partial charge in [0.05, 0.1) is 11.5 Å². The van der Waals surface area contributed by atoms with E-state index in [2.05, 4.69) is 11.4 Å². The smallest absolute Gasteiger partial charge is 0.223 e. The van der Waals surface area contributed by atoms with Gasteiger partial charge in [0.1, 0.15) is 9.84 Å². The van der Waals surface area contributed by atoms with Crippen LogP contribution in [0.5, 0.6) is 0 Å². The van der Waals surface area contributed by atoms with Crippen LogP contribution in [-0.2, 0) is 21.1 Å². The van der Waals surface area contributed by atoms with Gasteiger partial charge in [-0.3, -0.25) is 4.79 Å². The Morgan fingerprint density at radius 1 is 1.29 bits per heavy atom. The van der Waals surface area contributed by atoms with Gasteiger partial charge in [-0.2, -0.15) is 0 Å². The number of carbonyl (C=O) groups excluding carboxylic acids is 1. The molecule has 114 valence electrons. The third kappa shape index (κ3) is 3.05. The van der Waals surface area contributed by atoms with Crippen molar-refractivity contribution in [3.63, 3.8) is 0 Å². The van der Waals surface area contributed by atoms with Gasteiger partial charge in [0.2, 0.25) is 5.91 Å². The number of sulfone groups is 1. The zero-order valence-corrected chi connectivity index (χ0v) is 12.9. The maximum Gasteiger partial charge on any atom is 0.223 e. The first-order chi connectivity index (χ1) is 9.94. The number of amides is 1. The Hall–Kier alpha value is -1.56. The topological polar surface area (TPSA) is 66.5 Å². The van der Waals surface area contributed by atoms with Crippen LogP contribution < -0.4 is 10.2 Å². The van der Waals surface area contributed by atoms with Crippen LogP contribution in [0.1, 0.15) is 25.3 Å². The van der Waals surface area contributed by atoms with Crippen LogP contribution >= 0.6 is 0 Å². The fourth-order valence-corrected chi connectivity index (χ4v) is 4.58. The second-order valence-electron chi connectivity index (χ2n) is 5.83. The SMILES string of the molecule is CC(=O)N1CCc2cc(NC3CCS(=O)(=O)CC3)ccc21. The zero-order valence-electron chi connectivity index (χ0n) is 12.1. The molecule has 0 atom stereocenters. The first-order valence-corrected chi connectivity index (χ1v) is 9.15. The lowest BCUT2D eigenvalue weighted by Gasteiger charge is -2.24. The fraction of sp³-hybridized carbons (Fsp3) is 0.533. The van der Waals surface area contributed by atoms with E-state index in [0.29, 0.717) is 12.8 Å². The van der Waals surface area contributed by atoms with Gasteiger partial charge in [-0.05, 0) is 43.0 Å². The third-order valence-corrected chi connectivity index (χ3v) is 6.00. The summed E-state index contributed by atoms with van der Waals surface area (Å²) in [6.45, 7) is 2.33. The molecule has 0 bridgehead atoms. The van der Waals surface area contributed by atoms with Crippen LogP contribution in [-0.4, -0.2) is 38.4 Å². The maximum atomic E-state index is 11.5. The number of nitrogens with one attached hydrogen (secondary N) is 1. The van der Waals surface area contributed by atoms with Crippen LogP contribution in [0.4, 0.5) is 11.4 Å². The van der Waals surface area contributed by atoms with Crippen LogP contribution in [0, 0.1) is 0 Å². The van der Waals surface area contributed by atoms with Crippen molar-refractivity contribution >= 4 is 27.1 Å². The summed E-state index contributed by atoms with van der Waals surface area (Å²) in [5, 5.41) is 3.42. The second-order valence-corrected chi connectivity index (χ2v) is 8.14. The highest BCUT2D eigenvalue weighted by molar-refractivity contribution is 7.91. The summed E-state index contributed by atoms with van der Waals surface area (Å²) >= 11 is 0. The lowest BCUT2D eigenvalue weighted by Crippen LogP contribution is -2.32. The maximum absolute atomic E-state index is 11.5. The predicted molar refractivity (Wildman–Crippen MR) is 83.5 cm³/mol. The van der Waals surface area contributed by atoms with Crippen LogP contribution in [0.2, 0.25) is 0 Å². The molecule has 0 saturated carbocycles. The van der Waals surface area contributed by atoms with E-state index in [1.54, 1.807) is 11.8 Å². The summed E-state index contributed by atoms with van der Waals surface area (Å²) in [5.41, 5.74) is 3.20. The summed E-state index contributed by atoms with van der Waals surface area (Å²) in [6, 6.07) is 6.26. The van der Waals surface area contributed by atoms with Gasteiger partial charge < -0.3 is 10.2 Å². The molecule has 2 aliphatic heterocycles. The van der Waals surface area contributed by atoms with Crippen molar-refractivity contribution < 1.29 is 13.2 Å². The van der Waals surface area contributed by atoms with Crippen LogP contribution in [0.3, 0.4) is 0 Å². The average molecular weight is 308 g/mol. The third-order valence-electron chi connectivity index (χ3n) is 4.28. The van der Waals surface area contributed by atoms with Gasteiger partial charge >= 0.3 is 0 Å². The van der Waals surface area contributed by atoms with Crippen molar-refractivity contribution in [2.75, 3.05) is 28.3 Å². The van der Waals surface area contributed by atoms with E-state index in [1.165, 1.54) is 5.56 Å². The number of hydrogen-bond acceptors (Lipinski definition) is 4. The van der Waals surface area contributed by atoms with E-state index in [9.17, 15) is 13.2 Å². The number of nitrogens with zero attached hydrogens (tertiary/aromatic N) is 1. The van der Waals surface area contributed by atoms with Gasteiger partial charge in [0.25, 0.3) is 0 Å². The molecule has 5 nitrogen and oxygen atoms in total. The monoisotopic (exact) mass is 308 g/mol. The Kier molecular flexibility index (Phi) is 3.65. The van der Waals surface area contributed by atoms with Crippen molar-refractivity contribution in [2.45, 2.75) is 32.2 Å². The molecule has 0 spiro atoms. The Bertz CT molecular complexity index is 655. The molecule has 1 N–H and O–H groups in total. The lowest BCUT2D eigenvalue weighted by atomic mass is 10.1. The first-order valence-electron chi connectivity index (χ1n) is 7.33. The highest BCUT2D eigenvalue weighted by Crippen LogP contribution is 2.31. The Morgan fingerprint density at radius 2 is 2.00 bits per heavy atom. The minimum absolute atomic E-state index is 0.0759. The second kappa shape index (κ2) is 5.33. The summed E-state index contributed by atoms with van der Waals surface area (Å²) < 4.78 is 22.9. The molecule has 1 amide bonds. The molecule has 0 aliphatic carbocycles. The van der Waals surface area contributed by atoms with E-state index in [0.717, 1.165) is 24.3 Å². The summed E-state index contributed by atoms with van der Waals surface area (Å²) in [7, 11) is -2.82. The highest BCUT2D eigenvalue weighted by Gasteiger charge is 2.25. The van der Waals surface area contributed by atoms with E-state index in [1.807, 2.05) is 12.1 Å². The van der Waals surface area contributed by atoms with Gasteiger partial charge in [-0.1, -0.05) is 0 Å². The van der Waals surface area contributed by atoms with Crippen molar-refractivity contribution in [3.8, 4) is 0 Å². The molecular weight excluding hydrogens is 288 g/mol. The van der Waals surface area contributed by atoms with Gasteiger partial charge in [0.15, 0.2) is 0 Å². The molecule has 21 heavy (non-hydrogen) atoms. The predicted octanol–water partition coefficient (Wildman–Crippen LogP) is 1.58. The Morgan fingerprint density at radius 3 is 2.67 bits per heavy atom. The summed E-state index contributed by atoms with van der Waals surface area (Å²) in [4.78, 5) is 13.3. The molecule has 0 aromatic heterocycles. The minimum Gasteiger partial charge on any atom is -0.382 e. The molecule has 1 fully saturated rings. The Balaban J connectivity index is 1.70. The summed E-state index contributed by atoms with van der Waals surface area (Å²) in [6.07, 6.45) is 2.21.